The molecule has 4 atom stereocenters. The first-order chi connectivity index (χ1) is 16.0. The van der Waals surface area contributed by atoms with E-state index in [-0.39, 0.29) is 35.5 Å². The number of hydrogen-bond acceptors (Lipinski definition) is 5. The minimum Gasteiger partial charge on any atom is -0.490 e. The molecule has 0 aromatic heterocycles. The van der Waals surface area contributed by atoms with Crippen LogP contribution in [0.15, 0.2) is 58.1 Å². The number of amides is 2. The van der Waals surface area contributed by atoms with E-state index in [2.05, 4.69) is 55.8 Å². The quantitative estimate of drug-likeness (QED) is 0.185. The molecular formula is C25H22BrIN2O4. The summed E-state index contributed by atoms with van der Waals surface area (Å²) >= 11 is 5.64. The Hall–Kier alpha value is -2.20. The molecule has 8 heteroatoms. The second-order valence-corrected chi connectivity index (χ2v) is 10.5. The van der Waals surface area contributed by atoms with Gasteiger partial charge in [0.2, 0.25) is 0 Å². The highest BCUT2D eigenvalue weighted by atomic mass is 127. The third kappa shape index (κ3) is 4.23. The van der Waals surface area contributed by atoms with Crippen molar-refractivity contribution in [2.24, 2.45) is 28.8 Å². The maximum absolute atomic E-state index is 12.8. The third-order valence-corrected chi connectivity index (χ3v) is 7.73. The monoisotopic (exact) mass is 620 g/mol. The van der Waals surface area contributed by atoms with Crippen molar-refractivity contribution in [3.8, 4) is 11.5 Å². The first-order valence-electron chi connectivity index (χ1n) is 10.9. The van der Waals surface area contributed by atoms with Gasteiger partial charge in [-0.15, -0.1) is 0 Å². The number of carbonyl (C=O) groups excluding carboxylic acids is 2. The van der Waals surface area contributed by atoms with Gasteiger partial charge < -0.3 is 9.47 Å². The Kier molecular flexibility index (Phi) is 6.30. The van der Waals surface area contributed by atoms with E-state index < -0.39 is 0 Å². The van der Waals surface area contributed by atoms with Gasteiger partial charge in [0.05, 0.1) is 28.2 Å². The van der Waals surface area contributed by atoms with Crippen LogP contribution >= 0.6 is 38.5 Å². The number of hydrogen-bond donors (Lipinski definition) is 0. The molecule has 0 unspecified atom stereocenters. The molecule has 1 saturated carbocycles. The van der Waals surface area contributed by atoms with Crippen molar-refractivity contribution >= 4 is 56.5 Å². The summed E-state index contributed by atoms with van der Waals surface area (Å²) < 4.78 is 13.8. The van der Waals surface area contributed by atoms with Gasteiger partial charge in [-0.1, -0.05) is 40.2 Å². The number of carbonyl (C=O) groups is 2. The molecular weight excluding hydrogens is 599 g/mol. The molecule has 2 aromatic carbocycles. The van der Waals surface area contributed by atoms with E-state index in [4.69, 9.17) is 9.47 Å². The van der Waals surface area contributed by atoms with Gasteiger partial charge in [0.15, 0.2) is 11.5 Å². The number of halogens is 2. The molecule has 0 radical (unpaired) electrons. The summed E-state index contributed by atoms with van der Waals surface area (Å²) in [5.41, 5.74) is 1.78. The van der Waals surface area contributed by atoms with E-state index in [9.17, 15) is 9.59 Å². The van der Waals surface area contributed by atoms with Gasteiger partial charge in [-0.3, -0.25) is 9.59 Å². The Morgan fingerprint density at radius 2 is 1.76 bits per heavy atom. The Morgan fingerprint density at radius 3 is 2.39 bits per heavy atom. The van der Waals surface area contributed by atoms with Crippen molar-refractivity contribution in [3.63, 3.8) is 0 Å². The lowest BCUT2D eigenvalue weighted by Gasteiger charge is -2.15. The van der Waals surface area contributed by atoms with Gasteiger partial charge in [0.25, 0.3) is 11.8 Å². The van der Waals surface area contributed by atoms with Gasteiger partial charge in [0, 0.05) is 4.47 Å². The zero-order valence-electron chi connectivity index (χ0n) is 17.9. The smallest absolute Gasteiger partial charge is 0.254 e. The first-order valence-corrected chi connectivity index (χ1v) is 12.8. The largest absolute Gasteiger partial charge is 0.490 e. The second-order valence-electron chi connectivity index (χ2n) is 8.41. The number of ether oxygens (including phenoxy) is 2. The number of benzene rings is 2. The SMILES string of the molecule is CCOc1cc(/C=N\N2C(=O)[C@@H]3[C@H](C2=O)[C@H]2C=C[C@H]3C2)cc(I)c1OCc1ccc(Br)cc1. The maximum Gasteiger partial charge on any atom is 0.254 e. The molecule has 1 heterocycles. The lowest BCUT2D eigenvalue weighted by molar-refractivity contribution is -0.140. The van der Waals surface area contributed by atoms with Crippen LogP contribution in [0.25, 0.3) is 0 Å². The fourth-order valence-corrected chi connectivity index (χ4v) is 5.97. The van der Waals surface area contributed by atoms with E-state index >= 15 is 0 Å². The van der Waals surface area contributed by atoms with Crippen LogP contribution in [0.2, 0.25) is 0 Å². The van der Waals surface area contributed by atoms with Crippen LogP contribution < -0.4 is 9.47 Å². The molecule has 3 aliphatic rings. The molecule has 5 rings (SSSR count). The van der Waals surface area contributed by atoms with Crippen molar-refractivity contribution in [3.05, 3.63) is 67.7 Å². The number of hydrazone groups is 1. The molecule has 2 aromatic rings. The van der Waals surface area contributed by atoms with Gasteiger partial charge in [-0.05, 0) is 83.2 Å². The Morgan fingerprint density at radius 1 is 1.09 bits per heavy atom. The number of imide groups is 1. The molecule has 2 amide bonds. The summed E-state index contributed by atoms with van der Waals surface area (Å²) in [6, 6.07) is 11.7. The number of allylic oxidation sites excluding steroid dienone is 2. The van der Waals surface area contributed by atoms with Gasteiger partial charge in [0.1, 0.15) is 6.61 Å². The number of nitrogens with zero attached hydrogens (tertiary/aromatic N) is 2. The van der Waals surface area contributed by atoms with Crippen LogP contribution in [0.3, 0.4) is 0 Å². The van der Waals surface area contributed by atoms with E-state index in [0.29, 0.717) is 24.7 Å². The molecule has 170 valence electrons. The molecule has 0 spiro atoms. The lowest BCUT2D eigenvalue weighted by Crippen LogP contribution is -2.28. The Labute approximate surface area is 214 Å². The van der Waals surface area contributed by atoms with Crippen LogP contribution in [0.4, 0.5) is 0 Å². The highest BCUT2D eigenvalue weighted by Crippen LogP contribution is 2.52. The fraction of sp³-hybridized carbons (Fsp3) is 0.320. The summed E-state index contributed by atoms with van der Waals surface area (Å²) in [5.74, 6) is 0.716. The highest BCUT2D eigenvalue weighted by Gasteiger charge is 2.59. The topological polar surface area (TPSA) is 68.2 Å². The van der Waals surface area contributed by atoms with Gasteiger partial charge in [-0.25, -0.2) is 0 Å². The van der Waals surface area contributed by atoms with E-state index in [1.165, 1.54) is 0 Å². The Balaban J connectivity index is 1.34. The van der Waals surface area contributed by atoms with Crippen LogP contribution in [0, 0.1) is 27.2 Å². The molecule has 2 aliphatic carbocycles. The summed E-state index contributed by atoms with van der Waals surface area (Å²) in [7, 11) is 0. The van der Waals surface area contributed by atoms with Gasteiger partial charge in [-0.2, -0.15) is 10.1 Å². The van der Waals surface area contributed by atoms with Gasteiger partial charge >= 0.3 is 0 Å². The molecule has 2 fully saturated rings. The second kappa shape index (κ2) is 9.21. The summed E-state index contributed by atoms with van der Waals surface area (Å²) in [6.07, 6.45) is 6.61. The van der Waals surface area contributed by atoms with Crippen LogP contribution in [-0.4, -0.2) is 29.6 Å². The lowest BCUT2D eigenvalue weighted by atomic mass is 9.85. The minimum atomic E-state index is -0.252. The normalized spacial score (nSPS) is 25.4. The first kappa shape index (κ1) is 22.6. The maximum atomic E-state index is 12.8. The number of rotatable bonds is 7. The average Bonchev–Trinajstić information content (AvgIpc) is 3.47. The summed E-state index contributed by atoms with van der Waals surface area (Å²) in [6.45, 7) is 2.80. The molecule has 2 bridgehead atoms. The van der Waals surface area contributed by atoms with Crippen LogP contribution in [-0.2, 0) is 16.2 Å². The predicted molar refractivity (Wildman–Crippen MR) is 136 cm³/mol. The van der Waals surface area contributed by atoms with Crippen molar-refractivity contribution in [1.29, 1.82) is 0 Å². The van der Waals surface area contributed by atoms with E-state index in [1.54, 1.807) is 6.21 Å². The number of fused-ring (bicyclic) bond motifs is 5. The van der Waals surface area contributed by atoms with E-state index in [1.807, 2.05) is 43.3 Å². The molecule has 33 heavy (non-hydrogen) atoms. The highest BCUT2D eigenvalue weighted by molar-refractivity contribution is 14.1. The van der Waals surface area contributed by atoms with Crippen molar-refractivity contribution in [1.82, 2.24) is 5.01 Å². The fourth-order valence-electron chi connectivity index (χ4n) is 4.93. The third-order valence-electron chi connectivity index (χ3n) is 6.40. The van der Waals surface area contributed by atoms with Crippen molar-refractivity contribution < 1.29 is 19.1 Å². The zero-order chi connectivity index (χ0) is 23.1. The standard InChI is InChI=1S/C25H22BrIN2O4/c1-2-32-20-10-15(9-19(27)23(20)33-13-14-3-7-18(26)8-4-14)12-28-29-24(30)21-16-5-6-17(11-16)22(21)25(29)31/h3-10,12,16-17,21-22H,2,11,13H2,1H3/b28-12-/t16-,17-,21-,22+/m0/s1. The molecule has 1 aliphatic heterocycles. The minimum absolute atomic E-state index is 0.171. The average molecular weight is 621 g/mol. The predicted octanol–water partition coefficient (Wildman–Crippen LogP) is 5.17. The van der Waals surface area contributed by atoms with E-state index in [0.717, 1.165) is 30.6 Å². The molecule has 1 saturated heterocycles. The zero-order valence-corrected chi connectivity index (χ0v) is 21.7. The summed E-state index contributed by atoms with van der Waals surface area (Å²) in [4.78, 5) is 25.7. The molecule has 6 nitrogen and oxygen atoms in total. The molecule has 0 N–H and O–H groups in total. The van der Waals surface area contributed by atoms with Crippen LogP contribution in [0.5, 0.6) is 11.5 Å². The Bertz CT molecular complexity index is 1130. The van der Waals surface area contributed by atoms with Crippen molar-refractivity contribution in [2.75, 3.05) is 6.61 Å². The van der Waals surface area contributed by atoms with Crippen LogP contribution in [0.1, 0.15) is 24.5 Å². The summed E-state index contributed by atoms with van der Waals surface area (Å²) in [5, 5.41) is 5.35. The van der Waals surface area contributed by atoms with Crippen molar-refractivity contribution in [2.45, 2.75) is 20.0 Å².